The summed E-state index contributed by atoms with van der Waals surface area (Å²) in [5.74, 6) is 0.920. The molecule has 88 valence electrons. The van der Waals surface area contributed by atoms with Gasteiger partial charge in [-0.1, -0.05) is 0 Å². The molecule has 1 aromatic heterocycles. The quantitative estimate of drug-likeness (QED) is 0.688. The molecule has 4 heteroatoms. The zero-order valence-corrected chi connectivity index (χ0v) is 10.1. The highest BCUT2D eigenvalue weighted by molar-refractivity contribution is 5.93. The first-order valence-corrected chi connectivity index (χ1v) is 5.40. The molecule has 0 aliphatic rings. The van der Waals surface area contributed by atoms with E-state index in [1.807, 2.05) is 6.07 Å². The van der Waals surface area contributed by atoms with E-state index in [4.69, 9.17) is 4.74 Å². The Balaban J connectivity index is 2.74. The lowest BCUT2D eigenvalue weighted by molar-refractivity contribution is 0.101. The van der Waals surface area contributed by atoms with Gasteiger partial charge in [-0.25, -0.2) is 4.98 Å². The molecule has 0 aliphatic heterocycles. The molecule has 0 aliphatic carbocycles. The molecule has 0 atom stereocenters. The Hall–Kier alpha value is -1.42. The molecule has 1 rings (SSSR count). The van der Waals surface area contributed by atoms with Crippen LogP contribution in [-0.4, -0.2) is 37.6 Å². The lowest BCUT2D eigenvalue weighted by atomic mass is 10.2. The van der Waals surface area contributed by atoms with Gasteiger partial charge in [0.05, 0.1) is 6.61 Å². The summed E-state index contributed by atoms with van der Waals surface area (Å²) in [6.07, 6.45) is 1.62. The van der Waals surface area contributed by atoms with Gasteiger partial charge in [-0.05, 0) is 26.0 Å². The number of ketones is 1. The molecule has 0 N–H and O–H groups in total. The van der Waals surface area contributed by atoms with Crippen LogP contribution in [0.25, 0.3) is 0 Å². The maximum absolute atomic E-state index is 11.1. The van der Waals surface area contributed by atoms with Gasteiger partial charge in [0.15, 0.2) is 5.78 Å². The van der Waals surface area contributed by atoms with Gasteiger partial charge in [0.2, 0.25) is 0 Å². The number of rotatable bonds is 6. The molecule has 0 radical (unpaired) electrons. The van der Waals surface area contributed by atoms with Crippen molar-refractivity contribution in [3.05, 3.63) is 23.9 Å². The van der Waals surface area contributed by atoms with Gasteiger partial charge < -0.3 is 9.64 Å². The number of carbonyl (C=O) groups excluding carboxylic acids is 1. The minimum absolute atomic E-state index is 0.0407. The molecule has 1 heterocycles. The largest absolute Gasteiger partial charge is 0.383 e. The van der Waals surface area contributed by atoms with Crippen LogP contribution in [0.4, 0.5) is 5.82 Å². The Morgan fingerprint density at radius 2 is 2.25 bits per heavy atom. The van der Waals surface area contributed by atoms with Crippen LogP contribution >= 0.6 is 0 Å². The number of anilines is 1. The third-order valence-electron chi connectivity index (χ3n) is 2.43. The highest BCUT2D eigenvalue weighted by Crippen LogP contribution is 2.11. The third kappa shape index (κ3) is 3.31. The molecule has 0 bridgehead atoms. The first-order chi connectivity index (χ1) is 7.69. The van der Waals surface area contributed by atoms with Crippen LogP contribution in [0.2, 0.25) is 0 Å². The number of nitrogens with zero attached hydrogens (tertiary/aromatic N) is 2. The lowest BCUT2D eigenvalue weighted by Crippen LogP contribution is -2.27. The predicted molar refractivity (Wildman–Crippen MR) is 64.0 cm³/mol. The number of Topliss-reactive ketones (excluding diaryl/α,β-unsaturated/α-hetero) is 1. The Kier molecular flexibility index (Phi) is 4.92. The molecular weight excluding hydrogens is 204 g/mol. The molecule has 0 spiro atoms. The van der Waals surface area contributed by atoms with E-state index in [0.29, 0.717) is 12.2 Å². The number of hydrogen-bond donors (Lipinski definition) is 0. The molecule has 4 nitrogen and oxygen atoms in total. The van der Waals surface area contributed by atoms with Crippen molar-refractivity contribution in [3.8, 4) is 0 Å². The second-order valence-electron chi connectivity index (χ2n) is 3.53. The standard InChI is InChI=1S/C12H18N2O2/c1-4-14(7-8-16-3)12-6-5-11(9-13-12)10(2)15/h5-6,9H,4,7-8H2,1-3H3. The van der Waals surface area contributed by atoms with E-state index in [2.05, 4.69) is 16.8 Å². The first kappa shape index (κ1) is 12.6. The summed E-state index contributed by atoms with van der Waals surface area (Å²) in [6.45, 7) is 5.95. The topological polar surface area (TPSA) is 42.4 Å². The Labute approximate surface area is 96.2 Å². The van der Waals surface area contributed by atoms with E-state index < -0.39 is 0 Å². The summed E-state index contributed by atoms with van der Waals surface area (Å²) in [7, 11) is 1.68. The molecule has 0 unspecified atom stereocenters. The van der Waals surface area contributed by atoms with E-state index in [1.54, 1.807) is 26.3 Å². The van der Waals surface area contributed by atoms with Crippen molar-refractivity contribution in [2.75, 3.05) is 31.7 Å². The fraction of sp³-hybridized carbons (Fsp3) is 0.500. The predicted octanol–water partition coefficient (Wildman–Crippen LogP) is 1.76. The molecule has 0 saturated heterocycles. The average Bonchev–Trinajstić information content (AvgIpc) is 2.30. The average molecular weight is 222 g/mol. The van der Waals surface area contributed by atoms with Gasteiger partial charge in [0, 0.05) is 32.0 Å². The zero-order valence-electron chi connectivity index (χ0n) is 10.1. The van der Waals surface area contributed by atoms with Crippen molar-refractivity contribution in [3.63, 3.8) is 0 Å². The van der Waals surface area contributed by atoms with Gasteiger partial charge in [0.25, 0.3) is 0 Å². The number of methoxy groups -OCH3 is 1. The lowest BCUT2D eigenvalue weighted by Gasteiger charge is -2.21. The monoisotopic (exact) mass is 222 g/mol. The summed E-state index contributed by atoms with van der Waals surface area (Å²) in [5, 5.41) is 0. The third-order valence-corrected chi connectivity index (χ3v) is 2.43. The van der Waals surface area contributed by atoms with Gasteiger partial charge in [-0.2, -0.15) is 0 Å². The number of aromatic nitrogens is 1. The fourth-order valence-electron chi connectivity index (χ4n) is 1.42. The minimum Gasteiger partial charge on any atom is -0.383 e. The maximum atomic E-state index is 11.1. The number of pyridine rings is 1. The van der Waals surface area contributed by atoms with Crippen LogP contribution < -0.4 is 4.90 Å². The van der Waals surface area contributed by atoms with Crippen LogP contribution in [0.5, 0.6) is 0 Å². The van der Waals surface area contributed by atoms with E-state index >= 15 is 0 Å². The SMILES string of the molecule is CCN(CCOC)c1ccc(C(C)=O)cn1. The van der Waals surface area contributed by atoms with Gasteiger partial charge in [-0.3, -0.25) is 4.79 Å². The normalized spacial score (nSPS) is 10.2. The summed E-state index contributed by atoms with van der Waals surface area (Å²) in [5.41, 5.74) is 0.645. The first-order valence-electron chi connectivity index (χ1n) is 5.40. The molecular formula is C12H18N2O2. The van der Waals surface area contributed by atoms with Crippen LogP contribution in [0, 0.1) is 0 Å². The number of likely N-dealkylation sites (N-methyl/N-ethyl adjacent to an activating group) is 1. The molecule has 0 amide bonds. The maximum Gasteiger partial charge on any atom is 0.161 e. The zero-order chi connectivity index (χ0) is 12.0. The summed E-state index contributed by atoms with van der Waals surface area (Å²) in [6, 6.07) is 3.68. The van der Waals surface area contributed by atoms with Gasteiger partial charge >= 0.3 is 0 Å². The Morgan fingerprint density at radius 3 is 2.69 bits per heavy atom. The van der Waals surface area contributed by atoms with Crippen molar-refractivity contribution in [2.24, 2.45) is 0 Å². The van der Waals surface area contributed by atoms with E-state index in [1.165, 1.54) is 0 Å². The number of ether oxygens (including phenoxy) is 1. The van der Waals surface area contributed by atoms with Crippen LogP contribution in [0.15, 0.2) is 18.3 Å². The van der Waals surface area contributed by atoms with Crippen molar-refractivity contribution in [1.29, 1.82) is 0 Å². The smallest absolute Gasteiger partial charge is 0.161 e. The molecule has 0 saturated carbocycles. The van der Waals surface area contributed by atoms with Crippen LogP contribution in [0.3, 0.4) is 0 Å². The second kappa shape index (κ2) is 6.23. The van der Waals surface area contributed by atoms with E-state index in [-0.39, 0.29) is 5.78 Å². The summed E-state index contributed by atoms with van der Waals surface area (Å²) >= 11 is 0. The molecule has 0 aromatic carbocycles. The Bertz CT molecular complexity index is 335. The van der Waals surface area contributed by atoms with Gasteiger partial charge in [0.1, 0.15) is 5.82 Å². The van der Waals surface area contributed by atoms with E-state index in [9.17, 15) is 4.79 Å². The van der Waals surface area contributed by atoms with Crippen LogP contribution in [-0.2, 0) is 4.74 Å². The molecule has 0 fully saturated rings. The molecule has 1 aromatic rings. The van der Waals surface area contributed by atoms with Crippen LogP contribution in [0.1, 0.15) is 24.2 Å². The number of carbonyl (C=O) groups is 1. The van der Waals surface area contributed by atoms with Gasteiger partial charge in [-0.15, -0.1) is 0 Å². The van der Waals surface area contributed by atoms with Crippen molar-refractivity contribution < 1.29 is 9.53 Å². The summed E-state index contributed by atoms with van der Waals surface area (Å²) < 4.78 is 5.03. The highest BCUT2D eigenvalue weighted by atomic mass is 16.5. The molecule has 16 heavy (non-hydrogen) atoms. The van der Waals surface area contributed by atoms with E-state index in [0.717, 1.165) is 18.9 Å². The highest BCUT2D eigenvalue weighted by Gasteiger charge is 2.06. The summed E-state index contributed by atoms with van der Waals surface area (Å²) in [4.78, 5) is 17.5. The van der Waals surface area contributed by atoms with Crippen molar-refractivity contribution in [1.82, 2.24) is 4.98 Å². The van der Waals surface area contributed by atoms with Crippen molar-refractivity contribution >= 4 is 11.6 Å². The number of hydrogen-bond acceptors (Lipinski definition) is 4. The van der Waals surface area contributed by atoms with Crippen molar-refractivity contribution in [2.45, 2.75) is 13.8 Å². The minimum atomic E-state index is 0.0407. The second-order valence-corrected chi connectivity index (χ2v) is 3.53. The fourth-order valence-corrected chi connectivity index (χ4v) is 1.42. The Morgan fingerprint density at radius 1 is 1.50 bits per heavy atom.